The predicted molar refractivity (Wildman–Crippen MR) is 52.3 cm³/mol. The predicted octanol–water partition coefficient (Wildman–Crippen LogP) is 1.75. The van der Waals surface area contributed by atoms with Crippen LogP contribution in [0.4, 0.5) is 13.2 Å². The highest BCUT2D eigenvalue weighted by Crippen LogP contribution is 2.39. The van der Waals surface area contributed by atoms with Crippen molar-refractivity contribution in [3.8, 4) is 0 Å². The molecule has 1 aliphatic rings. The Balaban J connectivity index is 2.43. The average Bonchev–Trinajstić information content (AvgIpc) is 3.01. The fourth-order valence-electron chi connectivity index (χ4n) is 1.46. The molecule has 0 unspecified atom stereocenters. The Morgan fingerprint density at radius 3 is 2.41 bits per heavy atom. The van der Waals surface area contributed by atoms with E-state index in [1.54, 1.807) is 0 Å². The molecule has 0 aromatic carbocycles. The van der Waals surface area contributed by atoms with E-state index in [0.717, 1.165) is 12.3 Å². The third-order valence-electron chi connectivity index (χ3n) is 2.32. The smallest absolute Gasteiger partial charge is 0.263 e. The zero-order valence-electron chi connectivity index (χ0n) is 8.55. The van der Waals surface area contributed by atoms with Crippen LogP contribution in [0.5, 0.6) is 0 Å². The van der Waals surface area contributed by atoms with Gasteiger partial charge in [-0.1, -0.05) is 0 Å². The van der Waals surface area contributed by atoms with E-state index >= 15 is 0 Å². The summed E-state index contributed by atoms with van der Waals surface area (Å²) in [6.45, 7) is 0. The highest BCUT2D eigenvalue weighted by atomic mass is 32.2. The lowest BCUT2D eigenvalue weighted by atomic mass is 10.5. The van der Waals surface area contributed by atoms with Gasteiger partial charge in [-0.25, -0.2) is 8.42 Å². The minimum Gasteiger partial charge on any atom is -0.263 e. The van der Waals surface area contributed by atoms with Crippen LogP contribution in [0.3, 0.4) is 0 Å². The van der Waals surface area contributed by atoms with E-state index in [4.69, 9.17) is 0 Å². The van der Waals surface area contributed by atoms with Gasteiger partial charge in [0.15, 0.2) is 0 Å². The van der Waals surface area contributed by atoms with Crippen molar-refractivity contribution in [2.75, 3.05) is 0 Å². The molecule has 1 fully saturated rings. The van der Waals surface area contributed by atoms with Gasteiger partial charge >= 0.3 is 6.30 Å². The van der Waals surface area contributed by atoms with Crippen LogP contribution in [-0.4, -0.2) is 30.0 Å². The van der Waals surface area contributed by atoms with E-state index in [1.807, 2.05) is 0 Å². The SMILES string of the molecule is O=S(=O)(c1cccnc1)N(C1CC1)C(F)(F)F. The number of alkyl halides is 3. The molecule has 0 bridgehead atoms. The van der Waals surface area contributed by atoms with E-state index in [9.17, 15) is 21.6 Å². The first-order chi connectivity index (χ1) is 7.83. The van der Waals surface area contributed by atoms with Crippen molar-refractivity contribution in [1.29, 1.82) is 0 Å². The maximum Gasteiger partial charge on any atom is 0.473 e. The molecule has 0 atom stereocenters. The lowest BCUT2D eigenvalue weighted by Crippen LogP contribution is -2.44. The third-order valence-corrected chi connectivity index (χ3v) is 4.18. The summed E-state index contributed by atoms with van der Waals surface area (Å²) in [7, 11) is -4.55. The molecule has 0 saturated heterocycles. The Morgan fingerprint density at radius 1 is 1.35 bits per heavy atom. The molecule has 1 aromatic rings. The highest BCUT2D eigenvalue weighted by molar-refractivity contribution is 7.89. The zero-order chi connectivity index (χ0) is 12.7. The fraction of sp³-hybridized carbons (Fsp3) is 0.444. The van der Waals surface area contributed by atoms with Gasteiger partial charge in [0.25, 0.3) is 10.0 Å². The molecule has 0 spiro atoms. The number of hydrogen-bond acceptors (Lipinski definition) is 3. The van der Waals surface area contributed by atoms with Crippen LogP contribution in [0.2, 0.25) is 0 Å². The summed E-state index contributed by atoms with van der Waals surface area (Å²) in [5.41, 5.74) is 0. The van der Waals surface area contributed by atoms with Crippen molar-refractivity contribution in [2.24, 2.45) is 0 Å². The van der Waals surface area contributed by atoms with Crippen LogP contribution in [0.25, 0.3) is 0 Å². The molecule has 1 saturated carbocycles. The van der Waals surface area contributed by atoms with Crippen molar-refractivity contribution in [3.63, 3.8) is 0 Å². The molecule has 1 aliphatic carbocycles. The Morgan fingerprint density at radius 2 is 2.00 bits per heavy atom. The van der Waals surface area contributed by atoms with E-state index in [1.165, 1.54) is 12.3 Å². The number of pyridine rings is 1. The number of aromatic nitrogens is 1. The Hall–Kier alpha value is -1.15. The number of halogens is 3. The van der Waals surface area contributed by atoms with E-state index in [0.29, 0.717) is 0 Å². The second kappa shape index (κ2) is 3.95. The van der Waals surface area contributed by atoms with Crippen molar-refractivity contribution >= 4 is 10.0 Å². The van der Waals surface area contributed by atoms with Gasteiger partial charge in [0.05, 0.1) is 0 Å². The van der Waals surface area contributed by atoms with Crippen LogP contribution in [0, 0.1) is 0 Å². The largest absolute Gasteiger partial charge is 0.473 e. The van der Waals surface area contributed by atoms with Gasteiger partial charge in [-0.3, -0.25) is 4.98 Å². The summed E-state index contributed by atoms with van der Waals surface area (Å²) in [5.74, 6) is 0. The Labute approximate surface area is 96.1 Å². The lowest BCUT2D eigenvalue weighted by molar-refractivity contribution is -0.213. The van der Waals surface area contributed by atoms with Crippen molar-refractivity contribution < 1.29 is 21.6 Å². The van der Waals surface area contributed by atoms with Crippen molar-refractivity contribution in [1.82, 2.24) is 9.29 Å². The summed E-state index contributed by atoms with van der Waals surface area (Å²) in [5, 5.41) is 0. The first-order valence-electron chi connectivity index (χ1n) is 4.85. The number of hydrogen-bond donors (Lipinski definition) is 0. The molecular weight excluding hydrogens is 257 g/mol. The van der Waals surface area contributed by atoms with Gasteiger partial charge in [0.2, 0.25) is 0 Å². The summed E-state index contributed by atoms with van der Waals surface area (Å²) >= 11 is 0. The van der Waals surface area contributed by atoms with E-state index in [-0.39, 0.29) is 17.1 Å². The maximum absolute atomic E-state index is 12.7. The van der Waals surface area contributed by atoms with E-state index in [2.05, 4.69) is 4.98 Å². The molecule has 8 heteroatoms. The van der Waals surface area contributed by atoms with Crippen LogP contribution >= 0.6 is 0 Å². The molecular formula is C9H9F3N2O2S. The zero-order valence-corrected chi connectivity index (χ0v) is 9.37. The second-order valence-electron chi connectivity index (χ2n) is 3.69. The molecule has 0 radical (unpaired) electrons. The molecule has 1 aromatic heterocycles. The molecule has 0 amide bonds. The van der Waals surface area contributed by atoms with Crippen LogP contribution in [0.1, 0.15) is 12.8 Å². The number of rotatable bonds is 3. The van der Waals surface area contributed by atoms with Gasteiger partial charge in [0.1, 0.15) is 4.90 Å². The topological polar surface area (TPSA) is 50.3 Å². The average molecular weight is 266 g/mol. The molecule has 4 nitrogen and oxygen atoms in total. The summed E-state index contributed by atoms with van der Waals surface area (Å²) < 4.78 is 61.4. The monoisotopic (exact) mass is 266 g/mol. The second-order valence-corrected chi connectivity index (χ2v) is 5.50. The van der Waals surface area contributed by atoms with E-state index < -0.39 is 27.3 Å². The maximum atomic E-state index is 12.7. The van der Waals surface area contributed by atoms with Crippen LogP contribution in [0.15, 0.2) is 29.4 Å². The third kappa shape index (κ3) is 2.42. The molecule has 2 rings (SSSR count). The first kappa shape index (κ1) is 12.3. The highest BCUT2D eigenvalue weighted by Gasteiger charge is 2.53. The minimum absolute atomic E-state index is 0.235. The molecule has 0 N–H and O–H groups in total. The van der Waals surface area contributed by atoms with Crippen molar-refractivity contribution in [3.05, 3.63) is 24.5 Å². The minimum atomic E-state index is -4.89. The summed E-state index contributed by atoms with van der Waals surface area (Å²) in [6, 6.07) is 1.41. The number of sulfonamides is 1. The Kier molecular flexibility index (Phi) is 2.86. The lowest BCUT2D eigenvalue weighted by Gasteiger charge is -2.23. The van der Waals surface area contributed by atoms with Gasteiger partial charge in [-0.05, 0) is 25.0 Å². The van der Waals surface area contributed by atoms with Crippen LogP contribution in [-0.2, 0) is 10.0 Å². The molecule has 0 aliphatic heterocycles. The standard InChI is InChI=1S/C9H9F3N2O2S/c10-9(11,12)14(7-3-4-7)17(15,16)8-2-1-5-13-6-8/h1-2,5-7H,3-4H2. The van der Waals surface area contributed by atoms with Gasteiger partial charge < -0.3 is 0 Å². The quantitative estimate of drug-likeness (QED) is 0.783. The molecule has 94 valence electrons. The normalized spacial score (nSPS) is 17.4. The van der Waals surface area contributed by atoms with Gasteiger partial charge in [-0.2, -0.15) is 13.2 Å². The first-order valence-corrected chi connectivity index (χ1v) is 6.29. The van der Waals surface area contributed by atoms with Crippen LogP contribution < -0.4 is 0 Å². The fourth-order valence-corrected chi connectivity index (χ4v) is 3.01. The summed E-state index contributed by atoms with van der Waals surface area (Å²) in [4.78, 5) is 3.08. The molecule has 1 heterocycles. The Bertz CT molecular complexity index is 497. The van der Waals surface area contributed by atoms with Crippen molar-refractivity contribution in [2.45, 2.75) is 30.1 Å². The summed E-state index contributed by atoms with van der Waals surface area (Å²) in [6.07, 6.45) is -2.21. The van der Waals surface area contributed by atoms with Gasteiger partial charge in [-0.15, -0.1) is 4.31 Å². The molecule has 17 heavy (non-hydrogen) atoms. The van der Waals surface area contributed by atoms with Gasteiger partial charge in [0, 0.05) is 18.4 Å². The number of nitrogens with zero attached hydrogens (tertiary/aromatic N) is 2.